The van der Waals surface area contributed by atoms with E-state index < -0.39 is 17.2 Å². The zero-order chi connectivity index (χ0) is 12.1. The summed E-state index contributed by atoms with van der Waals surface area (Å²) in [4.78, 5) is 11.2. The molecule has 2 nitrogen and oxygen atoms in total. The van der Waals surface area contributed by atoms with Crippen LogP contribution in [-0.2, 0) is 10.2 Å². The number of benzene rings is 1. The molecule has 0 unspecified atom stereocenters. The number of carbonyl (C=O) groups is 1. The number of hydrogen-bond donors (Lipinski definition) is 1. The third kappa shape index (κ3) is 1.42. The molecule has 2 rings (SSSR count). The lowest BCUT2D eigenvalue weighted by Gasteiger charge is -2.16. The summed E-state index contributed by atoms with van der Waals surface area (Å²) in [5, 5.41) is 9.26. The van der Waals surface area contributed by atoms with Crippen molar-refractivity contribution in [3.8, 4) is 0 Å². The number of hydrogen-bond acceptors (Lipinski definition) is 1. The SMILES string of the molecule is Cc1cc(C2(C(=O)O)CC2)c(C)c(F)c1Cl. The van der Waals surface area contributed by atoms with Crippen LogP contribution in [0.3, 0.4) is 0 Å². The lowest BCUT2D eigenvalue weighted by Crippen LogP contribution is -2.21. The largest absolute Gasteiger partial charge is 0.481 e. The van der Waals surface area contributed by atoms with Crippen LogP contribution in [0.5, 0.6) is 0 Å². The number of carboxylic acid groups (broad SMARTS) is 1. The third-order valence-corrected chi connectivity index (χ3v) is 3.77. The summed E-state index contributed by atoms with van der Waals surface area (Å²) in [6.07, 6.45) is 1.15. The summed E-state index contributed by atoms with van der Waals surface area (Å²) in [6.45, 7) is 3.27. The van der Waals surface area contributed by atoms with E-state index in [1.54, 1.807) is 19.9 Å². The van der Waals surface area contributed by atoms with Gasteiger partial charge in [0.2, 0.25) is 0 Å². The van der Waals surface area contributed by atoms with Crippen molar-refractivity contribution in [2.24, 2.45) is 0 Å². The van der Waals surface area contributed by atoms with E-state index in [4.69, 9.17) is 11.6 Å². The van der Waals surface area contributed by atoms with Gasteiger partial charge in [0, 0.05) is 0 Å². The molecule has 1 fully saturated rings. The van der Waals surface area contributed by atoms with E-state index in [0.717, 1.165) is 0 Å². The first-order chi connectivity index (χ1) is 7.40. The zero-order valence-electron chi connectivity index (χ0n) is 9.10. The Kier molecular flexibility index (Phi) is 2.46. The summed E-state index contributed by atoms with van der Waals surface area (Å²) in [6, 6.07) is 1.70. The van der Waals surface area contributed by atoms with Gasteiger partial charge in [0.05, 0.1) is 10.4 Å². The van der Waals surface area contributed by atoms with Gasteiger partial charge < -0.3 is 5.11 Å². The molecule has 0 aliphatic heterocycles. The maximum absolute atomic E-state index is 13.7. The fourth-order valence-electron chi connectivity index (χ4n) is 2.06. The molecular weight excluding hydrogens is 231 g/mol. The minimum Gasteiger partial charge on any atom is -0.481 e. The van der Waals surface area contributed by atoms with Crippen LogP contribution in [0.1, 0.15) is 29.5 Å². The summed E-state index contributed by atoms with van der Waals surface area (Å²) in [5.74, 6) is -1.37. The topological polar surface area (TPSA) is 37.3 Å². The highest BCUT2D eigenvalue weighted by molar-refractivity contribution is 6.31. The molecule has 0 amide bonds. The molecule has 0 aromatic heterocycles. The Morgan fingerprint density at radius 3 is 2.50 bits per heavy atom. The first-order valence-electron chi connectivity index (χ1n) is 5.09. The molecule has 1 aliphatic carbocycles. The Morgan fingerprint density at radius 2 is 2.06 bits per heavy atom. The van der Waals surface area contributed by atoms with Gasteiger partial charge in [0.15, 0.2) is 0 Å². The van der Waals surface area contributed by atoms with Crippen molar-refractivity contribution in [2.45, 2.75) is 32.1 Å². The van der Waals surface area contributed by atoms with Crippen LogP contribution in [0.2, 0.25) is 5.02 Å². The Bertz CT molecular complexity index is 478. The molecule has 1 aromatic carbocycles. The minimum absolute atomic E-state index is 0.0856. The van der Waals surface area contributed by atoms with Crippen molar-refractivity contribution >= 4 is 17.6 Å². The standard InChI is InChI=1S/C12H12ClFO2/c1-6-5-8(7(2)10(14)9(6)13)12(3-4-12)11(15)16/h5H,3-4H2,1-2H3,(H,15,16). The van der Waals surface area contributed by atoms with Gasteiger partial charge >= 0.3 is 5.97 Å². The number of carboxylic acids is 1. The summed E-state index contributed by atoms with van der Waals surface area (Å²) >= 11 is 5.78. The second-order valence-corrected chi connectivity index (χ2v) is 4.76. The second-order valence-electron chi connectivity index (χ2n) is 4.38. The predicted molar refractivity (Wildman–Crippen MR) is 59.4 cm³/mol. The van der Waals surface area contributed by atoms with Crippen molar-refractivity contribution in [2.75, 3.05) is 0 Å². The quantitative estimate of drug-likeness (QED) is 0.865. The summed E-state index contributed by atoms with van der Waals surface area (Å²) < 4.78 is 13.7. The lowest BCUT2D eigenvalue weighted by atomic mass is 9.90. The van der Waals surface area contributed by atoms with Crippen LogP contribution < -0.4 is 0 Å². The molecule has 1 aromatic rings. The van der Waals surface area contributed by atoms with E-state index in [-0.39, 0.29) is 5.02 Å². The minimum atomic E-state index is -0.878. The van der Waals surface area contributed by atoms with Crippen molar-refractivity contribution in [3.63, 3.8) is 0 Å². The highest BCUT2D eigenvalue weighted by Gasteiger charge is 2.53. The summed E-state index contributed by atoms with van der Waals surface area (Å²) in [7, 11) is 0. The number of halogens is 2. The van der Waals surface area contributed by atoms with Gasteiger partial charge in [-0.2, -0.15) is 0 Å². The zero-order valence-corrected chi connectivity index (χ0v) is 9.86. The fourth-order valence-corrected chi connectivity index (χ4v) is 2.26. The number of aliphatic carboxylic acids is 1. The Morgan fingerprint density at radius 1 is 1.50 bits per heavy atom. The molecule has 1 aliphatic rings. The number of aryl methyl sites for hydroxylation is 1. The van der Waals surface area contributed by atoms with E-state index in [0.29, 0.717) is 29.5 Å². The molecule has 0 atom stereocenters. The molecule has 4 heteroatoms. The van der Waals surface area contributed by atoms with Crippen LogP contribution in [-0.4, -0.2) is 11.1 Å². The van der Waals surface area contributed by atoms with Gasteiger partial charge in [-0.1, -0.05) is 17.7 Å². The smallest absolute Gasteiger partial charge is 0.314 e. The Labute approximate surface area is 98.0 Å². The predicted octanol–water partition coefficient (Wildman–Crippen LogP) is 3.21. The van der Waals surface area contributed by atoms with Crippen molar-refractivity contribution in [3.05, 3.63) is 33.6 Å². The van der Waals surface area contributed by atoms with E-state index in [1.807, 2.05) is 0 Å². The average Bonchev–Trinajstić information content (AvgIpc) is 3.01. The van der Waals surface area contributed by atoms with E-state index in [2.05, 4.69) is 0 Å². The van der Waals surface area contributed by atoms with Crippen LogP contribution in [0.15, 0.2) is 6.07 Å². The van der Waals surface area contributed by atoms with E-state index in [1.165, 1.54) is 0 Å². The number of rotatable bonds is 2. The van der Waals surface area contributed by atoms with E-state index >= 15 is 0 Å². The third-order valence-electron chi connectivity index (χ3n) is 3.31. The highest BCUT2D eigenvalue weighted by Crippen LogP contribution is 2.50. The maximum atomic E-state index is 13.7. The molecule has 0 heterocycles. The summed E-state index contributed by atoms with van der Waals surface area (Å²) in [5.41, 5.74) is 0.641. The van der Waals surface area contributed by atoms with Gasteiger partial charge in [-0.3, -0.25) is 4.79 Å². The van der Waals surface area contributed by atoms with E-state index in [9.17, 15) is 14.3 Å². The molecule has 16 heavy (non-hydrogen) atoms. The maximum Gasteiger partial charge on any atom is 0.314 e. The molecule has 0 bridgehead atoms. The first kappa shape index (κ1) is 11.4. The first-order valence-corrected chi connectivity index (χ1v) is 5.47. The molecule has 0 spiro atoms. The monoisotopic (exact) mass is 242 g/mol. The van der Waals surface area contributed by atoms with Crippen molar-refractivity contribution < 1.29 is 14.3 Å². The Hall–Kier alpha value is -1.09. The highest BCUT2D eigenvalue weighted by atomic mass is 35.5. The fraction of sp³-hybridized carbons (Fsp3) is 0.417. The average molecular weight is 243 g/mol. The molecule has 0 saturated heterocycles. The lowest BCUT2D eigenvalue weighted by molar-refractivity contribution is -0.140. The van der Waals surface area contributed by atoms with Crippen LogP contribution in [0, 0.1) is 19.7 Å². The van der Waals surface area contributed by atoms with Crippen molar-refractivity contribution in [1.29, 1.82) is 0 Å². The van der Waals surface area contributed by atoms with Crippen LogP contribution in [0.4, 0.5) is 4.39 Å². The molecule has 0 radical (unpaired) electrons. The van der Waals surface area contributed by atoms with Gasteiger partial charge in [0.1, 0.15) is 5.82 Å². The van der Waals surface area contributed by atoms with Gasteiger partial charge in [-0.15, -0.1) is 0 Å². The van der Waals surface area contributed by atoms with Crippen LogP contribution in [0.25, 0.3) is 0 Å². The molecule has 86 valence electrons. The molecular formula is C12H12ClFO2. The normalized spacial score (nSPS) is 17.2. The molecule has 1 saturated carbocycles. The second kappa shape index (κ2) is 3.45. The van der Waals surface area contributed by atoms with Crippen LogP contribution >= 0.6 is 11.6 Å². The van der Waals surface area contributed by atoms with Gasteiger partial charge in [-0.25, -0.2) is 4.39 Å². The van der Waals surface area contributed by atoms with Gasteiger partial charge in [-0.05, 0) is 43.4 Å². The Balaban J connectivity index is 2.63. The molecule has 1 N–H and O–H groups in total. The van der Waals surface area contributed by atoms with Crippen molar-refractivity contribution in [1.82, 2.24) is 0 Å². The van der Waals surface area contributed by atoms with Gasteiger partial charge in [0.25, 0.3) is 0 Å².